The Bertz CT molecular complexity index is 1280. The third kappa shape index (κ3) is 3.51. The molecule has 8 heteroatoms. The third-order valence-corrected chi connectivity index (χ3v) is 7.21. The number of piperazine rings is 1. The van der Waals surface area contributed by atoms with Gasteiger partial charge in [-0.05, 0) is 37.6 Å². The quantitative estimate of drug-likeness (QED) is 0.637. The Morgan fingerprint density at radius 3 is 2.46 bits per heavy atom. The van der Waals surface area contributed by atoms with Crippen LogP contribution in [0.2, 0.25) is 0 Å². The summed E-state index contributed by atoms with van der Waals surface area (Å²) in [4.78, 5) is 44.1. The minimum atomic E-state index is -0.633. The van der Waals surface area contributed by atoms with Gasteiger partial charge in [-0.1, -0.05) is 30.3 Å². The lowest BCUT2D eigenvalue weighted by Crippen LogP contribution is -2.54. The van der Waals surface area contributed by atoms with E-state index in [1.54, 1.807) is 11.0 Å². The first kappa shape index (κ1) is 21.9. The van der Waals surface area contributed by atoms with E-state index in [-0.39, 0.29) is 12.5 Å². The van der Waals surface area contributed by atoms with Crippen LogP contribution in [0.3, 0.4) is 0 Å². The molecule has 1 atom stereocenters. The lowest BCUT2D eigenvalue weighted by Gasteiger charge is -2.41. The zero-order valence-electron chi connectivity index (χ0n) is 19.8. The molecule has 1 unspecified atom stereocenters. The highest BCUT2D eigenvalue weighted by Gasteiger charge is 2.47. The second-order valence-electron chi connectivity index (χ2n) is 9.96. The Kier molecular flexibility index (Phi) is 4.96. The van der Waals surface area contributed by atoms with Crippen LogP contribution in [0.4, 0.5) is 5.69 Å². The van der Waals surface area contributed by atoms with E-state index in [0.29, 0.717) is 36.7 Å². The summed E-state index contributed by atoms with van der Waals surface area (Å²) in [6, 6.07) is 13.0. The van der Waals surface area contributed by atoms with E-state index in [1.165, 1.54) is 0 Å². The van der Waals surface area contributed by atoms with Crippen molar-refractivity contribution in [2.24, 2.45) is 0 Å². The molecule has 180 valence electrons. The van der Waals surface area contributed by atoms with Gasteiger partial charge >= 0.3 is 0 Å². The fourth-order valence-corrected chi connectivity index (χ4v) is 5.51. The summed E-state index contributed by atoms with van der Waals surface area (Å²) in [5.74, 6) is 0.318. The van der Waals surface area contributed by atoms with Crippen LogP contribution in [0.5, 0.6) is 11.5 Å². The number of amides is 2. The number of carbonyl (C=O) groups excluding carboxylic acids is 3. The van der Waals surface area contributed by atoms with Crippen molar-refractivity contribution in [2.45, 2.75) is 25.5 Å². The molecule has 6 rings (SSSR count). The Morgan fingerprint density at radius 1 is 0.971 bits per heavy atom. The van der Waals surface area contributed by atoms with E-state index in [9.17, 15) is 14.4 Å². The summed E-state index contributed by atoms with van der Waals surface area (Å²) in [6.45, 7) is 7.49. The molecule has 2 amide bonds. The van der Waals surface area contributed by atoms with E-state index in [4.69, 9.17) is 9.47 Å². The van der Waals surface area contributed by atoms with E-state index >= 15 is 0 Å². The molecule has 1 fully saturated rings. The van der Waals surface area contributed by atoms with Crippen LogP contribution < -0.4 is 14.4 Å². The van der Waals surface area contributed by atoms with Crippen molar-refractivity contribution >= 4 is 28.9 Å². The Labute approximate surface area is 203 Å². The number of nitrogens with zero attached hydrogens (tertiary/aromatic N) is 3. The maximum atomic E-state index is 13.1. The topological polar surface area (TPSA) is 79.4 Å². The minimum Gasteiger partial charge on any atom is -0.485 e. The molecule has 2 aromatic carbocycles. The first-order chi connectivity index (χ1) is 16.8. The third-order valence-electron chi connectivity index (χ3n) is 7.21. The van der Waals surface area contributed by atoms with Crippen LogP contribution in [0, 0.1) is 0 Å². The van der Waals surface area contributed by atoms with Crippen LogP contribution in [-0.2, 0) is 9.59 Å². The van der Waals surface area contributed by atoms with Gasteiger partial charge in [0.2, 0.25) is 6.10 Å². The maximum Gasteiger partial charge on any atom is 0.300 e. The van der Waals surface area contributed by atoms with Crippen LogP contribution in [-0.4, -0.2) is 78.4 Å². The molecule has 0 bridgehead atoms. The largest absolute Gasteiger partial charge is 0.485 e. The number of hydrogen-bond donors (Lipinski definition) is 0. The fourth-order valence-electron chi connectivity index (χ4n) is 5.51. The van der Waals surface area contributed by atoms with Crippen LogP contribution >= 0.6 is 0 Å². The monoisotopic (exact) mass is 473 g/mol. The van der Waals surface area contributed by atoms with E-state index < -0.39 is 23.3 Å². The molecule has 2 aromatic rings. The molecule has 0 saturated carbocycles. The standard InChI is InChI=1S/C27H27N3O5/c1-27(2)14-17(18-6-5-7-19-23(18)30(27)26(33)24(19)31)15-28-10-12-29(13-11-28)25(32)22-16-34-20-8-3-4-9-21(20)35-22/h3-9,14,22H,10-13,15-16H2,1-2H3. The molecule has 4 aliphatic rings. The number of ketones is 1. The number of anilines is 1. The molecular formula is C27H27N3O5. The lowest BCUT2D eigenvalue weighted by molar-refractivity contribution is -0.142. The summed E-state index contributed by atoms with van der Waals surface area (Å²) >= 11 is 0. The molecule has 35 heavy (non-hydrogen) atoms. The van der Waals surface area contributed by atoms with Gasteiger partial charge in [-0.2, -0.15) is 0 Å². The Morgan fingerprint density at radius 2 is 1.69 bits per heavy atom. The number of ether oxygens (including phenoxy) is 2. The average molecular weight is 474 g/mol. The number of para-hydroxylation sites is 3. The second kappa shape index (κ2) is 7.95. The van der Waals surface area contributed by atoms with Crippen molar-refractivity contribution in [3.05, 3.63) is 59.7 Å². The number of Topliss-reactive ketones (excluding diaryl/α,β-unsaturated/α-hetero) is 1. The predicted molar refractivity (Wildman–Crippen MR) is 130 cm³/mol. The predicted octanol–water partition coefficient (Wildman–Crippen LogP) is 2.38. The average Bonchev–Trinajstić information content (AvgIpc) is 3.13. The molecule has 0 radical (unpaired) electrons. The van der Waals surface area contributed by atoms with E-state index in [2.05, 4.69) is 11.0 Å². The smallest absolute Gasteiger partial charge is 0.300 e. The summed E-state index contributed by atoms with van der Waals surface area (Å²) in [5, 5.41) is 0. The molecule has 0 spiro atoms. The van der Waals surface area contributed by atoms with Gasteiger partial charge in [-0.15, -0.1) is 0 Å². The van der Waals surface area contributed by atoms with Gasteiger partial charge in [0, 0.05) is 38.3 Å². The van der Waals surface area contributed by atoms with Gasteiger partial charge in [0.15, 0.2) is 11.5 Å². The Hall–Kier alpha value is -3.65. The molecule has 4 heterocycles. The summed E-state index contributed by atoms with van der Waals surface area (Å²) < 4.78 is 11.6. The minimum absolute atomic E-state index is 0.0503. The van der Waals surface area contributed by atoms with E-state index in [1.807, 2.05) is 55.1 Å². The zero-order chi connectivity index (χ0) is 24.3. The number of fused-ring (bicyclic) bond motifs is 1. The fraction of sp³-hybridized carbons (Fsp3) is 0.370. The molecule has 1 saturated heterocycles. The first-order valence-electron chi connectivity index (χ1n) is 12.0. The van der Waals surface area contributed by atoms with Gasteiger partial charge in [-0.25, -0.2) is 0 Å². The molecule has 0 aliphatic carbocycles. The zero-order valence-corrected chi connectivity index (χ0v) is 19.8. The summed E-state index contributed by atoms with van der Waals surface area (Å²) in [6.07, 6.45) is 1.46. The number of benzene rings is 2. The van der Waals surface area contributed by atoms with Crippen molar-refractivity contribution in [1.82, 2.24) is 9.80 Å². The van der Waals surface area contributed by atoms with Gasteiger partial charge in [0.05, 0.1) is 16.8 Å². The lowest BCUT2D eigenvalue weighted by atomic mass is 9.88. The van der Waals surface area contributed by atoms with Crippen molar-refractivity contribution in [2.75, 3.05) is 44.2 Å². The molecule has 0 N–H and O–H groups in total. The highest BCUT2D eigenvalue weighted by atomic mass is 16.6. The first-order valence-corrected chi connectivity index (χ1v) is 12.0. The van der Waals surface area contributed by atoms with Gasteiger partial charge in [0.1, 0.15) is 6.61 Å². The van der Waals surface area contributed by atoms with Crippen LogP contribution in [0.1, 0.15) is 29.8 Å². The van der Waals surface area contributed by atoms with Crippen molar-refractivity contribution < 1.29 is 23.9 Å². The van der Waals surface area contributed by atoms with Crippen molar-refractivity contribution in [3.8, 4) is 11.5 Å². The number of hydrogen-bond acceptors (Lipinski definition) is 6. The SMILES string of the molecule is CC1(C)C=C(CN2CCN(C(=O)C3COc4ccccc4O3)CC2)c2cccc3c2N1C(=O)C3=O. The van der Waals surface area contributed by atoms with Crippen molar-refractivity contribution in [3.63, 3.8) is 0 Å². The molecule has 0 aromatic heterocycles. The highest BCUT2D eigenvalue weighted by molar-refractivity contribution is 6.53. The second-order valence-corrected chi connectivity index (χ2v) is 9.96. The summed E-state index contributed by atoms with van der Waals surface area (Å²) in [5.41, 5.74) is 2.66. The number of carbonyl (C=O) groups is 3. The van der Waals surface area contributed by atoms with Gasteiger partial charge in [-0.3, -0.25) is 24.2 Å². The van der Waals surface area contributed by atoms with E-state index in [0.717, 1.165) is 29.9 Å². The molecule has 4 aliphatic heterocycles. The maximum absolute atomic E-state index is 13.1. The van der Waals surface area contributed by atoms with Crippen LogP contribution in [0.25, 0.3) is 5.57 Å². The van der Waals surface area contributed by atoms with Crippen LogP contribution in [0.15, 0.2) is 48.5 Å². The van der Waals surface area contributed by atoms with Crippen molar-refractivity contribution in [1.29, 1.82) is 0 Å². The Balaban J connectivity index is 1.14. The van der Waals surface area contributed by atoms with Gasteiger partial charge in [0.25, 0.3) is 17.6 Å². The normalized spacial score (nSPS) is 22.7. The highest BCUT2D eigenvalue weighted by Crippen LogP contribution is 2.45. The number of rotatable bonds is 3. The summed E-state index contributed by atoms with van der Waals surface area (Å²) in [7, 11) is 0. The molecular weight excluding hydrogens is 446 g/mol. The van der Waals surface area contributed by atoms with Gasteiger partial charge < -0.3 is 14.4 Å². The molecule has 8 nitrogen and oxygen atoms in total.